The van der Waals surface area contributed by atoms with Crippen LogP contribution in [-0.4, -0.2) is 27.5 Å². The molecule has 22 heavy (non-hydrogen) atoms. The lowest BCUT2D eigenvalue weighted by Crippen LogP contribution is -2.35. The topological polar surface area (TPSA) is 72.5 Å². The molecule has 1 aromatic heterocycles. The summed E-state index contributed by atoms with van der Waals surface area (Å²) in [5, 5.41) is 1.57. The number of sulfonamides is 1. The van der Waals surface area contributed by atoms with E-state index in [9.17, 15) is 13.2 Å². The molecule has 0 bridgehead atoms. The molecule has 0 aliphatic heterocycles. The second kappa shape index (κ2) is 5.83. The molecular weight excluding hydrogens is 322 g/mol. The number of ether oxygens (including phenoxy) is 1. The lowest BCUT2D eigenvalue weighted by atomic mass is 10.1. The Hall–Kier alpha value is -1.70. The smallest absolute Gasteiger partial charge is 0.349 e. The molecule has 1 aliphatic carbocycles. The van der Waals surface area contributed by atoms with E-state index in [-0.39, 0.29) is 15.8 Å². The molecule has 0 amide bonds. The van der Waals surface area contributed by atoms with E-state index in [0.29, 0.717) is 12.8 Å². The van der Waals surface area contributed by atoms with Gasteiger partial charge >= 0.3 is 5.97 Å². The molecule has 2 aromatic rings. The first kappa shape index (κ1) is 15.2. The molecule has 1 heterocycles. The average Bonchev–Trinajstić information content (AvgIpc) is 3.12. The molecule has 0 radical (unpaired) electrons. The number of carbonyl (C=O) groups is 1. The van der Waals surface area contributed by atoms with Crippen molar-refractivity contribution in [2.75, 3.05) is 7.11 Å². The van der Waals surface area contributed by atoms with Gasteiger partial charge in [0, 0.05) is 6.04 Å². The summed E-state index contributed by atoms with van der Waals surface area (Å²) in [7, 11) is -2.51. The van der Waals surface area contributed by atoms with Gasteiger partial charge in [-0.3, -0.25) is 0 Å². The highest BCUT2D eigenvalue weighted by Crippen LogP contribution is 2.26. The van der Waals surface area contributed by atoms with Crippen LogP contribution < -0.4 is 4.72 Å². The lowest BCUT2D eigenvalue weighted by Gasteiger charge is -2.12. The molecule has 0 fully saturated rings. The van der Waals surface area contributed by atoms with E-state index in [1.54, 1.807) is 5.38 Å². The zero-order valence-corrected chi connectivity index (χ0v) is 13.5. The minimum absolute atomic E-state index is 0.0136. The van der Waals surface area contributed by atoms with Crippen molar-refractivity contribution in [3.63, 3.8) is 0 Å². The van der Waals surface area contributed by atoms with Gasteiger partial charge in [-0.1, -0.05) is 24.3 Å². The van der Waals surface area contributed by atoms with Gasteiger partial charge in [0.05, 0.1) is 7.11 Å². The predicted octanol–water partition coefficient (Wildman–Crippen LogP) is 1.98. The Balaban J connectivity index is 1.81. The van der Waals surface area contributed by atoms with Gasteiger partial charge in [0.15, 0.2) is 0 Å². The van der Waals surface area contributed by atoms with Crippen LogP contribution in [0.15, 0.2) is 40.6 Å². The summed E-state index contributed by atoms with van der Waals surface area (Å²) in [4.78, 5) is 11.7. The summed E-state index contributed by atoms with van der Waals surface area (Å²) in [6.45, 7) is 0. The molecule has 0 atom stereocenters. The van der Waals surface area contributed by atoms with Crippen molar-refractivity contribution in [2.45, 2.75) is 23.8 Å². The number of hydrogen-bond donors (Lipinski definition) is 1. The zero-order valence-electron chi connectivity index (χ0n) is 11.9. The fourth-order valence-corrected chi connectivity index (χ4v) is 5.25. The molecular formula is C15H15NO4S2. The van der Waals surface area contributed by atoms with Gasteiger partial charge in [0.25, 0.3) is 0 Å². The van der Waals surface area contributed by atoms with Crippen molar-refractivity contribution in [1.82, 2.24) is 4.72 Å². The summed E-state index contributed by atoms with van der Waals surface area (Å²) < 4.78 is 32.4. The van der Waals surface area contributed by atoms with E-state index in [4.69, 9.17) is 0 Å². The monoisotopic (exact) mass is 337 g/mol. The highest BCUT2D eigenvalue weighted by molar-refractivity contribution is 7.89. The van der Waals surface area contributed by atoms with Crippen LogP contribution in [-0.2, 0) is 27.6 Å². The van der Waals surface area contributed by atoms with E-state index in [1.165, 1.54) is 13.2 Å². The lowest BCUT2D eigenvalue weighted by molar-refractivity contribution is 0.0602. The zero-order chi connectivity index (χ0) is 15.7. The van der Waals surface area contributed by atoms with Crippen molar-refractivity contribution in [1.29, 1.82) is 0 Å². The molecule has 0 unspecified atom stereocenters. The Morgan fingerprint density at radius 3 is 2.45 bits per heavy atom. The first-order valence-electron chi connectivity index (χ1n) is 6.76. The molecule has 7 heteroatoms. The third kappa shape index (κ3) is 2.79. The minimum atomic E-state index is -3.74. The van der Waals surface area contributed by atoms with Gasteiger partial charge < -0.3 is 4.74 Å². The van der Waals surface area contributed by atoms with E-state index >= 15 is 0 Å². The molecule has 1 N–H and O–H groups in total. The molecule has 3 rings (SSSR count). The fourth-order valence-electron chi connectivity index (χ4n) is 2.68. The molecule has 0 spiro atoms. The number of hydrogen-bond acceptors (Lipinski definition) is 5. The Bertz CT molecular complexity index is 785. The fraction of sp³-hybridized carbons (Fsp3) is 0.267. The van der Waals surface area contributed by atoms with E-state index in [1.807, 2.05) is 24.3 Å². The maximum absolute atomic E-state index is 12.5. The highest BCUT2D eigenvalue weighted by atomic mass is 32.2. The SMILES string of the molecule is COC(=O)c1sccc1S(=O)(=O)NC1Cc2ccccc2C1. The number of methoxy groups -OCH3 is 1. The van der Waals surface area contributed by atoms with Gasteiger partial charge in [-0.15, -0.1) is 11.3 Å². The summed E-state index contributed by atoms with van der Waals surface area (Å²) in [5.41, 5.74) is 2.32. The van der Waals surface area contributed by atoms with Crippen molar-refractivity contribution in [2.24, 2.45) is 0 Å². The number of rotatable bonds is 4. The van der Waals surface area contributed by atoms with Crippen molar-refractivity contribution in [3.05, 3.63) is 51.7 Å². The third-order valence-corrected chi connectivity index (χ3v) is 6.25. The molecule has 116 valence electrons. The molecule has 0 saturated heterocycles. The first-order chi connectivity index (χ1) is 10.5. The summed E-state index contributed by atoms with van der Waals surface area (Å²) in [5.74, 6) is -0.634. The Morgan fingerprint density at radius 2 is 1.86 bits per heavy atom. The Labute approximate surface area is 133 Å². The van der Waals surface area contributed by atoms with Crippen LogP contribution in [0.2, 0.25) is 0 Å². The summed E-state index contributed by atoms with van der Waals surface area (Å²) in [6, 6.07) is 9.16. The number of thiophene rings is 1. The van der Waals surface area contributed by atoms with Crippen molar-refractivity contribution >= 4 is 27.3 Å². The Morgan fingerprint density at radius 1 is 1.23 bits per heavy atom. The van der Waals surface area contributed by atoms with Crippen LogP contribution in [0.1, 0.15) is 20.8 Å². The highest BCUT2D eigenvalue weighted by Gasteiger charge is 2.30. The molecule has 1 aliphatic rings. The molecule has 5 nitrogen and oxygen atoms in total. The Kier molecular flexibility index (Phi) is 4.03. The predicted molar refractivity (Wildman–Crippen MR) is 83.6 cm³/mol. The molecule has 0 saturated carbocycles. The minimum Gasteiger partial charge on any atom is -0.465 e. The maximum Gasteiger partial charge on any atom is 0.349 e. The average molecular weight is 337 g/mol. The number of esters is 1. The third-order valence-electron chi connectivity index (χ3n) is 3.66. The summed E-state index contributed by atoms with van der Waals surface area (Å²) in [6.07, 6.45) is 1.32. The van der Waals surface area contributed by atoms with Crippen LogP contribution >= 0.6 is 11.3 Å². The van der Waals surface area contributed by atoms with Gasteiger partial charge in [-0.25, -0.2) is 17.9 Å². The van der Waals surface area contributed by atoms with Crippen LogP contribution in [0.25, 0.3) is 0 Å². The van der Waals surface area contributed by atoms with E-state index < -0.39 is 16.0 Å². The van der Waals surface area contributed by atoms with Crippen molar-refractivity contribution < 1.29 is 17.9 Å². The van der Waals surface area contributed by atoms with Crippen LogP contribution in [0, 0.1) is 0 Å². The van der Waals surface area contributed by atoms with E-state index in [2.05, 4.69) is 9.46 Å². The largest absolute Gasteiger partial charge is 0.465 e. The molecule has 1 aromatic carbocycles. The second-order valence-corrected chi connectivity index (χ2v) is 7.70. The number of fused-ring (bicyclic) bond motifs is 1. The van der Waals surface area contributed by atoms with Gasteiger partial charge in [0.1, 0.15) is 9.77 Å². The van der Waals surface area contributed by atoms with Crippen LogP contribution in [0.5, 0.6) is 0 Å². The number of nitrogens with one attached hydrogen (secondary N) is 1. The quantitative estimate of drug-likeness (QED) is 0.866. The maximum atomic E-state index is 12.5. The van der Waals surface area contributed by atoms with E-state index in [0.717, 1.165) is 22.5 Å². The number of carbonyl (C=O) groups excluding carboxylic acids is 1. The van der Waals surface area contributed by atoms with Gasteiger partial charge in [-0.05, 0) is 35.4 Å². The van der Waals surface area contributed by atoms with Crippen LogP contribution in [0.3, 0.4) is 0 Å². The normalized spacial score (nSPS) is 14.8. The standard InChI is InChI=1S/C15H15NO4S2/c1-20-15(17)14-13(6-7-21-14)22(18,19)16-12-8-10-4-2-3-5-11(10)9-12/h2-7,12,16H,8-9H2,1H3. The second-order valence-electron chi connectivity index (χ2n) is 5.10. The van der Waals surface area contributed by atoms with Gasteiger partial charge in [0.2, 0.25) is 10.0 Å². The number of benzene rings is 1. The van der Waals surface area contributed by atoms with Gasteiger partial charge in [-0.2, -0.15) is 0 Å². The van der Waals surface area contributed by atoms with Crippen LogP contribution in [0.4, 0.5) is 0 Å². The van der Waals surface area contributed by atoms with Crippen molar-refractivity contribution in [3.8, 4) is 0 Å². The summed E-state index contributed by atoms with van der Waals surface area (Å²) >= 11 is 1.06. The first-order valence-corrected chi connectivity index (χ1v) is 9.12.